The highest BCUT2D eigenvalue weighted by atomic mass is 16.5. The number of nitrogens with zero attached hydrogens (tertiary/aromatic N) is 2. The first-order valence-corrected chi connectivity index (χ1v) is 13.9. The van der Waals surface area contributed by atoms with Gasteiger partial charge in [-0.1, -0.05) is 18.2 Å². The van der Waals surface area contributed by atoms with Crippen molar-refractivity contribution in [2.75, 3.05) is 27.2 Å². The van der Waals surface area contributed by atoms with Crippen LogP contribution in [0.25, 0.3) is 6.08 Å². The number of hydrogen-bond acceptors (Lipinski definition) is 6. The van der Waals surface area contributed by atoms with E-state index in [1.54, 1.807) is 30.2 Å². The molecule has 1 saturated heterocycles. The van der Waals surface area contributed by atoms with Gasteiger partial charge in [-0.2, -0.15) is 0 Å². The summed E-state index contributed by atoms with van der Waals surface area (Å²) in [5.74, 6) is 2.02. The fourth-order valence-electron chi connectivity index (χ4n) is 8.05. The van der Waals surface area contributed by atoms with Crippen LogP contribution in [0, 0.1) is 5.92 Å². The van der Waals surface area contributed by atoms with E-state index < -0.39 is 17.1 Å². The number of likely N-dealkylation sites (tertiary alicyclic amines) is 1. The standard InChI is InChI=1S/C31H36N2O5/c1-32(26(35)11-8-19-4-3-5-22(16-19)37-2)23-12-13-31(36)25-17-21-9-10-24(34)28-27(21)30(31,29(23)38-28)14-15-33(25)18-20-6-7-20/h3-5,8-11,16,20,23,25,29,34,36H,6-7,12-15,17-18H2,1-2H3/b11-8+/t23?,25-,29?,30-,31?/m0/s1. The van der Waals surface area contributed by atoms with Crippen LogP contribution in [0.3, 0.4) is 0 Å². The minimum Gasteiger partial charge on any atom is -0.504 e. The van der Waals surface area contributed by atoms with E-state index in [0.717, 1.165) is 48.7 Å². The van der Waals surface area contributed by atoms with Crippen molar-refractivity contribution in [1.82, 2.24) is 9.80 Å². The number of hydrogen-bond donors (Lipinski definition) is 2. The maximum atomic E-state index is 13.4. The summed E-state index contributed by atoms with van der Waals surface area (Å²) in [5, 5.41) is 23.5. The predicted octanol–water partition coefficient (Wildman–Crippen LogP) is 3.51. The Morgan fingerprint density at radius 3 is 2.87 bits per heavy atom. The molecular formula is C31H36N2O5. The number of aromatic hydroxyl groups is 1. The average molecular weight is 517 g/mol. The lowest BCUT2D eigenvalue weighted by Crippen LogP contribution is -2.78. The summed E-state index contributed by atoms with van der Waals surface area (Å²) in [4.78, 5) is 17.7. The zero-order chi connectivity index (χ0) is 26.2. The van der Waals surface area contributed by atoms with Crippen molar-refractivity contribution in [3.8, 4) is 17.2 Å². The van der Waals surface area contributed by atoms with Gasteiger partial charge in [-0.15, -0.1) is 0 Å². The molecule has 2 aliphatic heterocycles. The van der Waals surface area contributed by atoms with Crippen molar-refractivity contribution in [2.24, 2.45) is 5.92 Å². The Bertz CT molecular complexity index is 1320. The number of piperidine rings is 1. The Labute approximate surface area is 223 Å². The molecule has 38 heavy (non-hydrogen) atoms. The maximum Gasteiger partial charge on any atom is 0.246 e. The molecule has 3 fully saturated rings. The summed E-state index contributed by atoms with van der Waals surface area (Å²) >= 11 is 0. The van der Waals surface area contributed by atoms with Gasteiger partial charge in [-0.3, -0.25) is 9.69 Å². The second kappa shape index (κ2) is 8.48. The molecule has 7 nitrogen and oxygen atoms in total. The summed E-state index contributed by atoms with van der Waals surface area (Å²) in [6, 6.07) is 11.2. The molecule has 200 valence electrons. The first kappa shape index (κ1) is 24.0. The fourth-order valence-corrected chi connectivity index (χ4v) is 8.05. The van der Waals surface area contributed by atoms with Crippen LogP contribution in [-0.2, 0) is 16.6 Å². The Morgan fingerprint density at radius 1 is 1.24 bits per heavy atom. The van der Waals surface area contributed by atoms with Gasteiger partial charge in [-0.25, -0.2) is 0 Å². The number of carbonyl (C=O) groups excluding carboxylic acids is 1. The van der Waals surface area contributed by atoms with Gasteiger partial charge in [-0.05, 0) is 86.4 Å². The minimum atomic E-state index is -0.951. The van der Waals surface area contributed by atoms with E-state index >= 15 is 0 Å². The van der Waals surface area contributed by atoms with E-state index in [0.29, 0.717) is 18.6 Å². The Kier molecular flexibility index (Phi) is 5.37. The number of benzene rings is 2. The van der Waals surface area contributed by atoms with Crippen LogP contribution in [0.2, 0.25) is 0 Å². The van der Waals surface area contributed by atoms with Gasteiger partial charge in [0.1, 0.15) is 11.9 Å². The van der Waals surface area contributed by atoms with Crippen LogP contribution in [0.15, 0.2) is 42.5 Å². The highest BCUT2D eigenvalue weighted by Gasteiger charge is 2.73. The number of ether oxygens (including phenoxy) is 2. The number of phenols is 1. The van der Waals surface area contributed by atoms with Gasteiger partial charge in [0.2, 0.25) is 5.91 Å². The number of methoxy groups -OCH3 is 1. The van der Waals surface area contributed by atoms with Gasteiger partial charge in [0.25, 0.3) is 0 Å². The zero-order valence-electron chi connectivity index (χ0n) is 22.1. The smallest absolute Gasteiger partial charge is 0.246 e. The number of phenolic OH excluding ortho intramolecular Hbond substituents is 1. The normalized spacial score (nSPS) is 33.1. The molecular weight excluding hydrogens is 480 g/mol. The third kappa shape index (κ3) is 3.31. The van der Waals surface area contributed by atoms with E-state index in [9.17, 15) is 15.0 Å². The van der Waals surface area contributed by atoms with Crippen LogP contribution in [0.1, 0.15) is 48.8 Å². The van der Waals surface area contributed by atoms with Crippen molar-refractivity contribution in [3.63, 3.8) is 0 Å². The molecule has 3 unspecified atom stereocenters. The van der Waals surface area contributed by atoms with Crippen molar-refractivity contribution in [2.45, 2.75) is 67.7 Å². The minimum absolute atomic E-state index is 0.0286. The number of aliphatic hydroxyl groups is 1. The molecule has 7 heteroatoms. The van der Waals surface area contributed by atoms with Gasteiger partial charge < -0.3 is 24.6 Å². The molecule has 2 heterocycles. The topological polar surface area (TPSA) is 82.5 Å². The van der Waals surface area contributed by atoms with E-state index in [-0.39, 0.29) is 23.7 Å². The van der Waals surface area contributed by atoms with Gasteiger partial charge >= 0.3 is 0 Å². The molecule has 1 amide bonds. The first-order valence-electron chi connectivity index (χ1n) is 13.9. The quantitative estimate of drug-likeness (QED) is 0.572. The summed E-state index contributed by atoms with van der Waals surface area (Å²) in [6.07, 6.45) is 8.35. The van der Waals surface area contributed by atoms with Crippen LogP contribution >= 0.6 is 0 Å². The van der Waals surface area contributed by atoms with E-state index in [2.05, 4.69) is 4.90 Å². The lowest BCUT2D eigenvalue weighted by Gasteiger charge is -2.64. The van der Waals surface area contributed by atoms with E-state index in [4.69, 9.17) is 9.47 Å². The molecule has 2 aromatic rings. The van der Waals surface area contributed by atoms with Crippen molar-refractivity contribution < 1.29 is 24.5 Å². The van der Waals surface area contributed by atoms with Crippen LogP contribution in [0.4, 0.5) is 0 Å². The summed E-state index contributed by atoms with van der Waals surface area (Å²) in [7, 11) is 3.46. The molecule has 1 spiro atoms. The van der Waals surface area contributed by atoms with Crippen molar-refractivity contribution in [3.05, 3.63) is 59.2 Å². The third-order valence-electron chi connectivity index (χ3n) is 10.1. The molecule has 2 bridgehead atoms. The van der Waals surface area contributed by atoms with Crippen LogP contribution in [0.5, 0.6) is 17.2 Å². The SMILES string of the molecule is COc1cccc(/C=C/C(=O)N(C)C2CCC3(O)[C@@H]4Cc5ccc(O)c6c5[C@@]3(CCN4CC3CC3)C2O6)c1. The van der Waals surface area contributed by atoms with Crippen molar-refractivity contribution in [1.29, 1.82) is 0 Å². The monoisotopic (exact) mass is 516 g/mol. The van der Waals surface area contributed by atoms with Crippen molar-refractivity contribution >= 4 is 12.0 Å². The van der Waals surface area contributed by atoms with Crippen LogP contribution in [-0.4, -0.2) is 77.0 Å². The molecule has 5 atom stereocenters. The molecule has 0 aromatic heterocycles. The summed E-state index contributed by atoms with van der Waals surface area (Å²) in [5.41, 5.74) is 1.47. The van der Waals surface area contributed by atoms with Gasteiger partial charge in [0, 0.05) is 31.3 Å². The highest BCUT2D eigenvalue weighted by molar-refractivity contribution is 5.92. The predicted molar refractivity (Wildman–Crippen MR) is 143 cm³/mol. The largest absolute Gasteiger partial charge is 0.504 e. The molecule has 3 aliphatic carbocycles. The van der Waals surface area contributed by atoms with Gasteiger partial charge in [0.15, 0.2) is 11.5 Å². The van der Waals surface area contributed by atoms with E-state index in [1.807, 2.05) is 37.4 Å². The van der Waals surface area contributed by atoms with E-state index in [1.165, 1.54) is 18.4 Å². The van der Waals surface area contributed by atoms with Crippen LogP contribution < -0.4 is 9.47 Å². The maximum absolute atomic E-state index is 13.4. The molecule has 2 N–H and O–H groups in total. The fraction of sp³-hybridized carbons (Fsp3) is 0.516. The lowest BCUT2D eigenvalue weighted by atomic mass is 9.48. The second-order valence-corrected chi connectivity index (χ2v) is 12.0. The number of likely N-dealkylation sites (N-methyl/N-ethyl adjacent to an activating group) is 1. The van der Waals surface area contributed by atoms with Gasteiger partial charge in [0.05, 0.1) is 24.2 Å². The average Bonchev–Trinajstić information content (AvgIpc) is 3.67. The number of carbonyl (C=O) groups is 1. The summed E-state index contributed by atoms with van der Waals surface area (Å²) in [6.45, 7) is 1.95. The molecule has 2 aromatic carbocycles. The first-order chi connectivity index (χ1) is 18.4. The summed E-state index contributed by atoms with van der Waals surface area (Å²) < 4.78 is 11.9. The third-order valence-corrected chi connectivity index (χ3v) is 10.1. The Balaban J connectivity index is 1.23. The molecule has 5 aliphatic rings. The molecule has 0 radical (unpaired) electrons. The Morgan fingerprint density at radius 2 is 2.08 bits per heavy atom. The number of amides is 1. The lowest BCUT2D eigenvalue weighted by molar-refractivity contribution is -0.200. The Hall–Kier alpha value is -3.03. The zero-order valence-corrected chi connectivity index (χ0v) is 22.1. The molecule has 7 rings (SSSR count). The second-order valence-electron chi connectivity index (χ2n) is 12.0. The molecule has 2 saturated carbocycles. The highest BCUT2D eigenvalue weighted by Crippen LogP contribution is 2.66. The number of rotatable bonds is 6.